The van der Waals surface area contributed by atoms with Gasteiger partial charge in [0.05, 0.1) is 5.92 Å². The molecule has 1 aliphatic rings. The second-order valence-corrected chi connectivity index (χ2v) is 5.75. The topological polar surface area (TPSA) is 47.4 Å². The van der Waals surface area contributed by atoms with Gasteiger partial charge in [-0.25, -0.2) is 4.98 Å². The molecule has 22 heavy (non-hydrogen) atoms. The summed E-state index contributed by atoms with van der Waals surface area (Å²) < 4.78 is 7.77. The largest absolute Gasteiger partial charge is 0.492 e. The lowest BCUT2D eigenvalue weighted by Gasteiger charge is -2.28. The number of likely N-dealkylation sites (N-methyl/N-ethyl adjacent to an activating group) is 1. The average Bonchev–Trinajstić information content (AvgIpc) is 2.96. The summed E-state index contributed by atoms with van der Waals surface area (Å²) in [6.07, 6.45) is 4.47. The van der Waals surface area contributed by atoms with Crippen LogP contribution in [0.5, 0.6) is 5.75 Å². The Morgan fingerprint density at radius 3 is 3.05 bits per heavy atom. The van der Waals surface area contributed by atoms with E-state index >= 15 is 0 Å². The second-order valence-electron chi connectivity index (χ2n) is 5.75. The number of fused-ring (bicyclic) bond motifs is 1. The number of aryl methyl sites for hydroxylation is 1. The minimum Gasteiger partial charge on any atom is -0.492 e. The first-order valence-electron chi connectivity index (χ1n) is 7.58. The Kier molecular flexibility index (Phi) is 4.13. The number of carbonyl (C=O) groups excluding carboxylic acids is 1. The lowest BCUT2D eigenvalue weighted by atomic mass is 9.95. The number of nitrogens with zero attached hydrogens (tertiary/aromatic N) is 3. The van der Waals surface area contributed by atoms with Crippen LogP contribution in [0.25, 0.3) is 0 Å². The molecule has 0 spiro atoms. The summed E-state index contributed by atoms with van der Waals surface area (Å²) in [5.74, 6) is 1.93. The Hall–Kier alpha value is -2.30. The van der Waals surface area contributed by atoms with Crippen molar-refractivity contribution >= 4 is 5.91 Å². The van der Waals surface area contributed by atoms with E-state index in [1.165, 1.54) is 0 Å². The van der Waals surface area contributed by atoms with E-state index in [1.54, 1.807) is 11.1 Å². The number of hydrogen-bond acceptors (Lipinski definition) is 3. The van der Waals surface area contributed by atoms with Crippen molar-refractivity contribution in [3.05, 3.63) is 48.0 Å². The van der Waals surface area contributed by atoms with Crippen LogP contribution in [0, 0.1) is 12.8 Å². The summed E-state index contributed by atoms with van der Waals surface area (Å²) in [5.41, 5.74) is 1.12. The highest BCUT2D eigenvalue weighted by Crippen LogP contribution is 2.27. The van der Waals surface area contributed by atoms with Gasteiger partial charge < -0.3 is 14.2 Å². The fourth-order valence-electron chi connectivity index (χ4n) is 2.81. The fraction of sp³-hybridized carbons (Fsp3) is 0.412. The molecule has 5 nitrogen and oxygen atoms in total. The van der Waals surface area contributed by atoms with Gasteiger partial charge in [0.1, 0.15) is 18.2 Å². The van der Waals surface area contributed by atoms with E-state index in [1.807, 2.05) is 44.4 Å². The minimum absolute atomic E-state index is 0.0937. The van der Waals surface area contributed by atoms with Gasteiger partial charge in [0.25, 0.3) is 0 Å². The van der Waals surface area contributed by atoms with Gasteiger partial charge in [-0.15, -0.1) is 0 Å². The summed E-state index contributed by atoms with van der Waals surface area (Å²) in [4.78, 5) is 18.6. The van der Waals surface area contributed by atoms with E-state index in [0.29, 0.717) is 13.2 Å². The Bertz CT molecular complexity index is 665. The van der Waals surface area contributed by atoms with Crippen molar-refractivity contribution in [3.8, 4) is 5.75 Å². The molecule has 1 amide bonds. The quantitative estimate of drug-likeness (QED) is 0.866. The highest BCUT2D eigenvalue weighted by molar-refractivity contribution is 5.79. The van der Waals surface area contributed by atoms with Gasteiger partial charge in [0.15, 0.2) is 0 Å². The lowest BCUT2D eigenvalue weighted by molar-refractivity contribution is -0.135. The Morgan fingerprint density at radius 2 is 2.27 bits per heavy atom. The number of aromatic nitrogens is 2. The monoisotopic (exact) mass is 299 g/mol. The molecule has 116 valence electrons. The predicted octanol–water partition coefficient (Wildman–Crippen LogP) is 1.90. The number of para-hydroxylation sites is 1. The number of rotatable bonds is 4. The van der Waals surface area contributed by atoms with Crippen molar-refractivity contribution in [2.75, 3.05) is 20.2 Å². The van der Waals surface area contributed by atoms with Crippen LogP contribution in [0.1, 0.15) is 11.4 Å². The van der Waals surface area contributed by atoms with E-state index < -0.39 is 0 Å². The summed E-state index contributed by atoms with van der Waals surface area (Å²) >= 11 is 0. The number of benzene rings is 1. The average molecular weight is 299 g/mol. The van der Waals surface area contributed by atoms with Gasteiger partial charge in [0, 0.05) is 32.5 Å². The zero-order valence-electron chi connectivity index (χ0n) is 13.0. The van der Waals surface area contributed by atoms with E-state index in [0.717, 1.165) is 30.1 Å². The third-order valence-corrected chi connectivity index (χ3v) is 4.20. The normalized spacial score (nSPS) is 16.7. The molecule has 0 N–H and O–H groups in total. The van der Waals surface area contributed by atoms with Gasteiger partial charge in [-0.3, -0.25) is 4.79 Å². The molecule has 0 saturated carbocycles. The summed E-state index contributed by atoms with van der Waals surface area (Å²) in [6, 6.07) is 7.94. The van der Waals surface area contributed by atoms with Crippen molar-refractivity contribution in [2.45, 2.75) is 19.9 Å². The van der Waals surface area contributed by atoms with E-state index in [-0.39, 0.29) is 11.8 Å². The molecule has 0 bridgehead atoms. The van der Waals surface area contributed by atoms with Crippen LogP contribution in [-0.2, 0) is 17.8 Å². The lowest BCUT2D eigenvalue weighted by Crippen LogP contribution is -2.40. The molecule has 5 heteroatoms. The third-order valence-electron chi connectivity index (χ3n) is 4.20. The predicted molar refractivity (Wildman–Crippen MR) is 83.7 cm³/mol. The zero-order chi connectivity index (χ0) is 15.5. The van der Waals surface area contributed by atoms with Crippen LogP contribution < -0.4 is 4.74 Å². The maximum atomic E-state index is 12.6. The van der Waals surface area contributed by atoms with Crippen LogP contribution in [-0.4, -0.2) is 40.6 Å². The van der Waals surface area contributed by atoms with Crippen LogP contribution in [0.2, 0.25) is 0 Å². The van der Waals surface area contributed by atoms with Crippen LogP contribution >= 0.6 is 0 Å². The first-order chi connectivity index (χ1) is 10.6. The van der Waals surface area contributed by atoms with Crippen LogP contribution in [0.15, 0.2) is 36.7 Å². The summed E-state index contributed by atoms with van der Waals surface area (Å²) in [7, 11) is 1.86. The fourth-order valence-corrected chi connectivity index (χ4v) is 2.81. The van der Waals surface area contributed by atoms with Gasteiger partial charge in [-0.1, -0.05) is 18.2 Å². The molecular formula is C17H21N3O2. The first kappa shape index (κ1) is 14.6. The number of carbonyl (C=O) groups is 1. The highest BCUT2D eigenvalue weighted by Gasteiger charge is 2.27. The molecule has 0 aliphatic carbocycles. The summed E-state index contributed by atoms with van der Waals surface area (Å²) in [6.45, 7) is 3.87. The molecule has 3 rings (SSSR count). The second kappa shape index (κ2) is 6.22. The molecular weight excluding hydrogens is 278 g/mol. The number of ether oxygens (including phenoxy) is 1. The van der Waals surface area contributed by atoms with Crippen molar-refractivity contribution in [1.82, 2.24) is 14.5 Å². The SMILES string of the molecule is Cc1nccn1CCN(C)C(=O)[C@@H]1COc2ccccc2C1. The summed E-state index contributed by atoms with van der Waals surface area (Å²) in [5, 5.41) is 0. The maximum Gasteiger partial charge on any atom is 0.229 e. The van der Waals surface area contributed by atoms with Gasteiger partial charge >= 0.3 is 0 Å². The molecule has 2 heterocycles. The maximum absolute atomic E-state index is 12.6. The van der Waals surface area contributed by atoms with E-state index in [9.17, 15) is 4.79 Å². The smallest absolute Gasteiger partial charge is 0.229 e. The van der Waals surface area contributed by atoms with Crippen molar-refractivity contribution in [2.24, 2.45) is 5.92 Å². The minimum atomic E-state index is -0.0937. The molecule has 0 saturated heterocycles. The Morgan fingerprint density at radius 1 is 1.45 bits per heavy atom. The number of amides is 1. The standard InChI is InChI=1S/C17H21N3O2/c1-13-18-7-8-20(13)10-9-19(2)17(21)15-11-14-5-3-4-6-16(14)22-12-15/h3-8,15H,9-12H2,1-2H3/t15-/m0/s1. The molecule has 0 fully saturated rings. The van der Waals surface area contributed by atoms with E-state index in [2.05, 4.69) is 9.55 Å². The van der Waals surface area contributed by atoms with Gasteiger partial charge in [-0.2, -0.15) is 0 Å². The first-order valence-corrected chi connectivity index (χ1v) is 7.58. The van der Waals surface area contributed by atoms with Crippen molar-refractivity contribution < 1.29 is 9.53 Å². The molecule has 0 radical (unpaired) electrons. The molecule has 0 unspecified atom stereocenters. The number of hydrogen-bond donors (Lipinski definition) is 0. The Labute approximate surface area is 130 Å². The molecule has 1 aromatic carbocycles. The Balaban J connectivity index is 1.58. The third kappa shape index (κ3) is 2.98. The van der Waals surface area contributed by atoms with Gasteiger partial charge in [0.2, 0.25) is 5.91 Å². The zero-order valence-corrected chi connectivity index (χ0v) is 13.0. The number of imidazole rings is 1. The molecule has 2 aromatic rings. The van der Waals surface area contributed by atoms with Gasteiger partial charge in [-0.05, 0) is 25.0 Å². The highest BCUT2D eigenvalue weighted by atomic mass is 16.5. The van der Waals surface area contributed by atoms with Crippen molar-refractivity contribution in [1.29, 1.82) is 0 Å². The van der Waals surface area contributed by atoms with E-state index in [4.69, 9.17) is 4.74 Å². The molecule has 1 aliphatic heterocycles. The van der Waals surface area contributed by atoms with Crippen LogP contribution in [0.4, 0.5) is 0 Å². The molecule has 1 atom stereocenters. The van der Waals surface area contributed by atoms with Crippen molar-refractivity contribution in [3.63, 3.8) is 0 Å². The van der Waals surface area contributed by atoms with Crippen LogP contribution in [0.3, 0.4) is 0 Å². The molecule has 1 aromatic heterocycles.